The molecule has 1 aromatic carbocycles. The number of nitrogens with one attached hydrogen (secondary N) is 1. The number of anilines is 1. The Morgan fingerprint density at radius 2 is 1.96 bits per heavy atom. The van der Waals surface area contributed by atoms with Crippen LogP contribution in [-0.2, 0) is 4.79 Å². The minimum atomic E-state index is -0.694. The number of hydrogen-bond donors (Lipinski definition) is 1. The molecule has 128 valence electrons. The number of hydrogen-bond acceptors (Lipinski definition) is 6. The second kappa shape index (κ2) is 7.43. The van der Waals surface area contributed by atoms with Crippen LogP contribution in [0, 0.1) is 0 Å². The average molecular weight is 339 g/mol. The summed E-state index contributed by atoms with van der Waals surface area (Å²) in [6.07, 6.45) is 5.69. The second-order valence-electron chi connectivity index (χ2n) is 5.16. The summed E-state index contributed by atoms with van der Waals surface area (Å²) in [5, 5.41) is 2.71. The van der Waals surface area contributed by atoms with E-state index in [9.17, 15) is 4.79 Å². The third-order valence-corrected chi connectivity index (χ3v) is 3.41. The van der Waals surface area contributed by atoms with Crippen molar-refractivity contribution in [3.05, 3.63) is 55.4 Å². The average Bonchev–Trinajstić information content (AvgIpc) is 3.17. The molecule has 1 atom stereocenters. The summed E-state index contributed by atoms with van der Waals surface area (Å²) < 4.78 is 12.4. The van der Waals surface area contributed by atoms with Crippen molar-refractivity contribution >= 4 is 11.7 Å². The van der Waals surface area contributed by atoms with Gasteiger partial charge in [-0.25, -0.2) is 15.0 Å². The zero-order chi connectivity index (χ0) is 17.6. The van der Waals surface area contributed by atoms with Gasteiger partial charge in [0.1, 0.15) is 35.8 Å². The first-order chi connectivity index (χ1) is 12.2. The van der Waals surface area contributed by atoms with Crippen LogP contribution in [0.1, 0.15) is 6.92 Å². The van der Waals surface area contributed by atoms with Crippen LogP contribution in [0.15, 0.2) is 55.4 Å². The number of rotatable bonds is 6. The van der Waals surface area contributed by atoms with Crippen LogP contribution in [0.5, 0.6) is 11.5 Å². The maximum absolute atomic E-state index is 12.3. The molecule has 8 heteroatoms. The van der Waals surface area contributed by atoms with Gasteiger partial charge in [-0.15, -0.1) is 0 Å². The molecular weight excluding hydrogens is 322 g/mol. The van der Waals surface area contributed by atoms with Crippen molar-refractivity contribution in [3.63, 3.8) is 0 Å². The first kappa shape index (κ1) is 16.4. The van der Waals surface area contributed by atoms with E-state index in [1.807, 2.05) is 0 Å². The monoisotopic (exact) mass is 339 g/mol. The molecule has 1 unspecified atom stereocenters. The lowest BCUT2D eigenvalue weighted by Gasteiger charge is -2.15. The molecule has 0 saturated heterocycles. The maximum atomic E-state index is 12.3. The van der Waals surface area contributed by atoms with Crippen molar-refractivity contribution in [1.82, 2.24) is 19.5 Å². The third kappa shape index (κ3) is 4.11. The third-order valence-electron chi connectivity index (χ3n) is 3.41. The van der Waals surface area contributed by atoms with Gasteiger partial charge in [0.05, 0.1) is 7.11 Å². The Morgan fingerprint density at radius 3 is 2.64 bits per heavy atom. The van der Waals surface area contributed by atoms with Crippen molar-refractivity contribution < 1.29 is 14.3 Å². The van der Waals surface area contributed by atoms with Gasteiger partial charge in [0, 0.05) is 18.5 Å². The Bertz CT molecular complexity index is 834. The van der Waals surface area contributed by atoms with Crippen LogP contribution in [0.25, 0.3) is 5.82 Å². The number of aromatic nitrogens is 4. The highest BCUT2D eigenvalue weighted by atomic mass is 16.5. The summed E-state index contributed by atoms with van der Waals surface area (Å²) in [6.45, 7) is 1.66. The Labute approximate surface area is 144 Å². The number of imidazole rings is 1. The van der Waals surface area contributed by atoms with Crippen molar-refractivity contribution in [3.8, 4) is 17.3 Å². The molecule has 0 fully saturated rings. The smallest absolute Gasteiger partial charge is 0.266 e. The SMILES string of the molecule is COc1ccc(OC(C)C(=O)Nc2cc(-n3ccnc3)ncn2)cc1. The fraction of sp³-hybridized carbons (Fsp3) is 0.176. The molecule has 8 nitrogen and oxygen atoms in total. The molecule has 1 amide bonds. The molecule has 2 heterocycles. The highest BCUT2D eigenvalue weighted by Gasteiger charge is 2.16. The van der Waals surface area contributed by atoms with E-state index < -0.39 is 6.10 Å². The van der Waals surface area contributed by atoms with Gasteiger partial charge in [-0.3, -0.25) is 9.36 Å². The van der Waals surface area contributed by atoms with Crippen LogP contribution < -0.4 is 14.8 Å². The van der Waals surface area contributed by atoms with Crippen molar-refractivity contribution in [1.29, 1.82) is 0 Å². The van der Waals surface area contributed by atoms with Gasteiger partial charge in [0.25, 0.3) is 5.91 Å². The van der Waals surface area contributed by atoms with Crippen LogP contribution >= 0.6 is 0 Å². The van der Waals surface area contributed by atoms with E-state index in [-0.39, 0.29) is 5.91 Å². The number of carbonyl (C=O) groups is 1. The predicted molar refractivity (Wildman–Crippen MR) is 90.9 cm³/mol. The number of methoxy groups -OCH3 is 1. The standard InChI is InChI=1S/C17H17N5O3/c1-12(25-14-5-3-13(24-2)4-6-14)17(23)21-15-9-16(20-10-19-15)22-8-7-18-11-22/h3-12H,1-2H3,(H,19,20,21,23). The molecule has 3 rings (SSSR count). The first-order valence-electron chi connectivity index (χ1n) is 7.57. The van der Waals surface area contributed by atoms with E-state index >= 15 is 0 Å². The summed E-state index contributed by atoms with van der Waals surface area (Å²) in [4.78, 5) is 24.4. The molecule has 0 spiro atoms. The molecule has 3 aromatic rings. The molecule has 25 heavy (non-hydrogen) atoms. The van der Waals surface area contributed by atoms with E-state index in [1.165, 1.54) is 6.33 Å². The molecule has 0 aliphatic heterocycles. The van der Waals surface area contributed by atoms with E-state index in [4.69, 9.17) is 9.47 Å². The van der Waals surface area contributed by atoms with E-state index in [1.54, 1.807) is 67.7 Å². The van der Waals surface area contributed by atoms with Crippen LogP contribution in [0.2, 0.25) is 0 Å². The van der Waals surface area contributed by atoms with E-state index in [0.717, 1.165) is 5.75 Å². The second-order valence-corrected chi connectivity index (χ2v) is 5.16. The zero-order valence-electron chi connectivity index (χ0n) is 13.8. The lowest BCUT2D eigenvalue weighted by atomic mass is 10.3. The highest BCUT2D eigenvalue weighted by Crippen LogP contribution is 2.18. The predicted octanol–water partition coefficient (Wildman–Crippen LogP) is 2.08. The molecule has 0 bridgehead atoms. The Hall–Kier alpha value is -3.42. The van der Waals surface area contributed by atoms with Crippen molar-refractivity contribution in [2.24, 2.45) is 0 Å². The summed E-state index contributed by atoms with van der Waals surface area (Å²) in [5.74, 6) is 1.97. The molecular formula is C17H17N5O3. The van der Waals surface area contributed by atoms with Gasteiger partial charge < -0.3 is 14.8 Å². The normalized spacial score (nSPS) is 11.6. The Kier molecular flexibility index (Phi) is 4.89. The van der Waals surface area contributed by atoms with Crippen LogP contribution in [-0.4, -0.2) is 38.6 Å². The number of ether oxygens (including phenoxy) is 2. The molecule has 0 aliphatic carbocycles. The van der Waals surface area contributed by atoms with Gasteiger partial charge >= 0.3 is 0 Å². The highest BCUT2D eigenvalue weighted by molar-refractivity contribution is 5.93. The van der Waals surface area contributed by atoms with Crippen LogP contribution in [0.3, 0.4) is 0 Å². The molecule has 0 aliphatic rings. The van der Waals surface area contributed by atoms with Gasteiger partial charge in [0.15, 0.2) is 6.10 Å². The van der Waals surface area contributed by atoms with Gasteiger partial charge in [-0.2, -0.15) is 0 Å². The molecule has 0 saturated carbocycles. The number of carbonyl (C=O) groups excluding carboxylic acids is 1. The minimum Gasteiger partial charge on any atom is -0.497 e. The Morgan fingerprint density at radius 1 is 1.20 bits per heavy atom. The largest absolute Gasteiger partial charge is 0.497 e. The topological polar surface area (TPSA) is 91.2 Å². The van der Waals surface area contributed by atoms with Crippen molar-refractivity contribution in [2.45, 2.75) is 13.0 Å². The summed E-state index contributed by atoms with van der Waals surface area (Å²) in [7, 11) is 1.59. The lowest BCUT2D eigenvalue weighted by molar-refractivity contribution is -0.122. The fourth-order valence-electron chi connectivity index (χ4n) is 2.09. The maximum Gasteiger partial charge on any atom is 0.266 e. The molecule has 0 radical (unpaired) electrons. The van der Waals surface area contributed by atoms with E-state index in [0.29, 0.717) is 17.4 Å². The van der Waals surface area contributed by atoms with Crippen molar-refractivity contribution in [2.75, 3.05) is 12.4 Å². The number of amides is 1. The Balaban J connectivity index is 1.64. The summed E-state index contributed by atoms with van der Waals surface area (Å²) >= 11 is 0. The summed E-state index contributed by atoms with van der Waals surface area (Å²) in [6, 6.07) is 8.66. The molecule has 1 N–H and O–H groups in total. The summed E-state index contributed by atoms with van der Waals surface area (Å²) in [5.41, 5.74) is 0. The number of benzene rings is 1. The minimum absolute atomic E-state index is 0.314. The number of nitrogens with zero attached hydrogens (tertiary/aromatic N) is 4. The fourth-order valence-corrected chi connectivity index (χ4v) is 2.09. The van der Waals surface area contributed by atoms with Gasteiger partial charge in [-0.05, 0) is 31.2 Å². The van der Waals surface area contributed by atoms with E-state index in [2.05, 4.69) is 20.3 Å². The lowest BCUT2D eigenvalue weighted by Crippen LogP contribution is -2.30. The molecule has 2 aromatic heterocycles. The quantitative estimate of drug-likeness (QED) is 0.739. The van der Waals surface area contributed by atoms with Crippen LogP contribution in [0.4, 0.5) is 5.82 Å². The van der Waals surface area contributed by atoms with Gasteiger partial charge in [-0.1, -0.05) is 0 Å². The van der Waals surface area contributed by atoms with Gasteiger partial charge in [0.2, 0.25) is 0 Å². The first-order valence-corrected chi connectivity index (χ1v) is 7.57. The zero-order valence-corrected chi connectivity index (χ0v) is 13.8.